The molecule has 32 heavy (non-hydrogen) atoms. The van der Waals surface area contributed by atoms with Gasteiger partial charge in [0.15, 0.2) is 11.5 Å². The molecule has 1 N–H and O–H groups in total. The second kappa shape index (κ2) is 9.85. The van der Waals surface area contributed by atoms with E-state index in [1.807, 2.05) is 69.3 Å². The van der Waals surface area contributed by atoms with Gasteiger partial charge in [-0.15, -0.1) is 0 Å². The quantitative estimate of drug-likeness (QED) is 0.471. The number of rotatable bonds is 11. The minimum atomic E-state index is -0.728. The molecule has 2 saturated carbocycles. The van der Waals surface area contributed by atoms with E-state index in [1.54, 1.807) is 0 Å². The largest absolute Gasteiger partial charge is 0.493 e. The van der Waals surface area contributed by atoms with Crippen LogP contribution in [0.2, 0.25) is 0 Å². The number of para-hydroxylation sites is 2. The van der Waals surface area contributed by atoms with Crippen LogP contribution in [-0.4, -0.2) is 29.9 Å². The van der Waals surface area contributed by atoms with Crippen LogP contribution in [0.1, 0.15) is 57.9 Å². The molecular weight excluding hydrogens is 404 g/mol. The Bertz CT molecular complexity index is 914. The van der Waals surface area contributed by atoms with E-state index in [9.17, 15) is 9.90 Å². The van der Waals surface area contributed by atoms with Gasteiger partial charge in [0.25, 0.3) is 0 Å². The standard InChI is InChI=1S/C27H34O5/c1-17(2)31-24-9-4-5-10-25(24)32-23-13-19(14-23)16-30-22-8-6-7-21(15-22)26(20-11-12-20)18(3)27(28)29/h4-10,15,17-20,23,26H,11-14,16H2,1-3H3,(H,28,29)/t18-,19?,23?,26?/m0/s1. The van der Waals surface area contributed by atoms with E-state index in [1.165, 1.54) is 0 Å². The maximum Gasteiger partial charge on any atom is 0.306 e. The van der Waals surface area contributed by atoms with Gasteiger partial charge in [-0.2, -0.15) is 0 Å². The molecule has 0 heterocycles. The van der Waals surface area contributed by atoms with Gasteiger partial charge in [-0.05, 0) is 87.1 Å². The molecule has 172 valence electrons. The van der Waals surface area contributed by atoms with E-state index in [-0.39, 0.29) is 24.0 Å². The Balaban J connectivity index is 1.28. The van der Waals surface area contributed by atoms with E-state index in [0.717, 1.165) is 48.5 Å². The first-order valence-corrected chi connectivity index (χ1v) is 11.8. The molecule has 2 aromatic carbocycles. The number of aliphatic carboxylic acids is 1. The zero-order valence-corrected chi connectivity index (χ0v) is 19.2. The highest BCUT2D eigenvalue weighted by Crippen LogP contribution is 2.47. The first-order chi connectivity index (χ1) is 15.4. The summed E-state index contributed by atoms with van der Waals surface area (Å²) in [5.41, 5.74) is 1.08. The van der Waals surface area contributed by atoms with Crippen LogP contribution in [0.4, 0.5) is 0 Å². The molecule has 2 fully saturated rings. The van der Waals surface area contributed by atoms with Gasteiger partial charge in [0, 0.05) is 0 Å². The summed E-state index contributed by atoms with van der Waals surface area (Å²) in [7, 11) is 0. The number of hydrogen-bond donors (Lipinski definition) is 1. The highest BCUT2D eigenvalue weighted by molar-refractivity contribution is 5.71. The van der Waals surface area contributed by atoms with Gasteiger partial charge in [-0.3, -0.25) is 4.79 Å². The third-order valence-electron chi connectivity index (χ3n) is 6.48. The molecule has 0 bridgehead atoms. The first kappa shape index (κ1) is 22.5. The Morgan fingerprint density at radius 3 is 2.41 bits per heavy atom. The van der Waals surface area contributed by atoms with E-state index in [4.69, 9.17) is 14.2 Å². The highest BCUT2D eigenvalue weighted by atomic mass is 16.5. The van der Waals surface area contributed by atoms with Gasteiger partial charge >= 0.3 is 5.97 Å². The van der Waals surface area contributed by atoms with Crippen molar-refractivity contribution in [2.45, 2.75) is 64.6 Å². The van der Waals surface area contributed by atoms with E-state index in [2.05, 4.69) is 0 Å². The predicted molar refractivity (Wildman–Crippen MR) is 124 cm³/mol. The van der Waals surface area contributed by atoms with Crippen LogP contribution >= 0.6 is 0 Å². The van der Waals surface area contributed by atoms with Crippen LogP contribution in [0.15, 0.2) is 48.5 Å². The molecule has 0 saturated heterocycles. The summed E-state index contributed by atoms with van der Waals surface area (Å²) in [6.07, 6.45) is 4.43. The lowest BCUT2D eigenvalue weighted by atomic mass is 9.82. The number of hydrogen-bond acceptors (Lipinski definition) is 4. The topological polar surface area (TPSA) is 65.0 Å². The second-order valence-electron chi connectivity index (χ2n) is 9.56. The zero-order valence-electron chi connectivity index (χ0n) is 19.2. The predicted octanol–water partition coefficient (Wildman–Crippen LogP) is 5.92. The van der Waals surface area contributed by atoms with Crippen LogP contribution in [-0.2, 0) is 4.79 Å². The monoisotopic (exact) mass is 438 g/mol. The highest BCUT2D eigenvalue weighted by Gasteiger charge is 2.39. The van der Waals surface area contributed by atoms with Crippen molar-refractivity contribution >= 4 is 5.97 Å². The molecule has 2 aliphatic rings. The number of carboxylic acid groups (broad SMARTS) is 1. The summed E-state index contributed by atoms with van der Waals surface area (Å²) in [4.78, 5) is 11.6. The molecule has 0 radical (unpaired) electrons. The van der Waals surface area contributed by atoms with Gasteiger partial charge in [-0.1, -0.05) is 31.2 Å². The molecule has 5 heteroatoms. The Morgan fingerprint density at radius 1 is 1.03 bits per heavy atom. The SMILES string of the molecule is CC(C)Oc1ccccc1OC1CC(COc2cccc(C(C3CC3)[C@H](C)C(=O)O)c2)C1. The zero-order chi connectivity index (χ0) is 22.7. The minimum Gasteiger partial charge on any atom is -0.493 e. The number of ether oxygens (including phenoxy) is 3. The molecule has 4 rings (SSSR count). The molecule has 0 aliphatic heterocycles. The lowest BCUT2D eigenvalue weighted by molar-refractivity contribution is -0.142. The van der Waals surface area contributed by atoms with Gasteiger partial charge in [0.05, 0.1) is 24.7 Å². The third-order valence-corrected chi connectivity index (χ3v) is 6.48. The van der Waals surface area contributed by atoms with Gasteiger partial charge in [0.1, 0.15) is 5.75 Å². The van der Waals surface area contributed by atoms with Gasteiger partial charge in [0.2, 0.25) is 0 Å². The molecule has 2 aromatic rings. The Hall–Kier alpha value is -2.69. The summed E-state index contributed by atoms with van der Waals surface area (Å²) in [5.74, 6) is 2.30. The molecule has 1 unspecified atom stereocenters. The minimum absolute atomic E-state index is 0.0608. The van der Waals surface area contributed by atoms with E-state index < -0.39 is 5.97 Å². The van der Waals surface area contributed by atoms with Gasteiger partial charge < -0.3 is 19.3 Å². The Morgan fingerprint density at radius 2 is 1.75 bits per heavy atom. The van der Waals surface area contributed by atoms with Crippen molar-refractivity contribution in [2.24, 2.45) is 17.8 Å². The Kier molecular flexibility index (Phi) is 6.92. The normalized spacial score (nSPS) is 22.0. The molecule has 5 nitrogen and oxygen atoms in total. The molecule has 0 amide bonds. The second-order valence-corrected chi connectivity index (χ2v) is 9.56. The molecule has 0 aromatic heterocycles. The Labute approximate surface area is 190 Å². The van der Waals surface area contributed by atoms with Crippen LogP contribution < -0.4 is 14.2 Å². The maximum atomic E-state index is 11.6. The fraction of sp³-hybridized carbons (Fsp3) is 0.519. The summed E-state index contributed by atoms with van der Waals surface area (Å²) in [6, 6.07) is 15.9. The lowest BCUT2D eigenvalue weighted by Gasteiger charge is -2.35. The number of carbonyl (C=O) groups is 1. The summed E-state index contributed by atoms with van der Waals surface area (Å²) < 4.78 is 18.1. The van der Waals surface area contributed by atoms with Crippen molar-refractivity contribution in [3.05, 3.63) is 54.1 Å². The van der Waals surface area contributed by atoms with Crippen molar-refractivity contribution in [2.75, 3.05) is 6.61 Å². The molecule has 2 aliphatic carbocycles. The van der Waals surface area contributed by atoms with Crippen molar-refractivity contribution in [3.63, 3.8) is 0 Å². The van der Waals surface area contributed by atoms with Crippen LogP contribution in [0.5, 0.6) is 17.2 Å². The molecule has 0 spiro atoms. The fourth-order valence-corrected chi connectivity index (χ4v) is 4.59. The van der Waals surface area contributed by atoms with Crippen LogP contribution in [0.3, 0.4) is 0 Å². The smallest absolute Gasteiger partial charge is 0.306 e. The van der Waals surface area contributed by atoms with E-state index >= 15 is 0 Å². The van der Waals surface area contributed by atoms with Crippen LogP contribution in [0, 0.1) is 17.8 Å². The van der Waals surface area contributed by atoms with Crippen molar-refractivity contribution in [3.8, 4) is 17.2 Å². The number of benzene rings is 2. The average Bonchev–Trinajstić information content (AvgIpc) is 3.56. The van der Waals surface area contributed by atoms with Crippen molar-refractivity contribution in [1.29, 1.82) is 0 Å². The summed E-state index contributed by atoms with van der Waals surface area (Å²) >= 11 is 0. The third kappa shape index (κ3) is 5.56. The maximum absolute atomic E-state index is 11.6. The van der Waals surface area contributed by atoms with E-state index in [0.29, 0.717) is 18.4 Å². The van der Waals surface area contributed by atoms with Crippen LogP contribution in [0.25, 0.3) is 0 Å². The lowest BCUT2D eigenvalue weighted by Crippen LogP contribution is -2.37. The average molecular weight is 439 g/mol. The first-order valence-electron chi connectivity index (χ1n) is 11.8. The van der Waals surface area contributed by atoms with Crippen molar-refractivity contribution < 1.29 is 24.1 Å². The number of carboxylic acids is 1. The van der Waals surface area contributed by atoms with Crippen molar-refractivity contribution in [1.82, 2.24) is 0 Å². The molecule has 2 atom stereocenters. The summed E-state index contributed by atoms with van der Waals surface area (Å²) in [6.45, 7) is 6.49. The fourth-order valence-electron chi connectivity index (χ4n) is 4.59. The molecular formula is C27H34O5. The van der Waals surface area contributed by atoms with Gasteiger partial charge in [-0.25, -0.2) is 0 Å². The summed E-state index contributed by atoms with van der Waals surface area (Å²) in [5, 5.41) is 9.51.